The Labute approximate surface area is 80.1 Å². The molecule has 0 spiro atoms. The van der Waals surface area contributed by atoms with Crippen LogP contribution in [0, 0.1) is 11.3 Å². The predicted octanol–water partition coefficient (Wildman–Crippen LogP) is 1.75. The van der Waals surface area contributed by atoms with Crippen LogP contribution in [-0.2, 0) is 4.79 Å². The van der Waals surface area contributed by atoms with Gasteiger partial charge < -0.3 is 5.32 Å². The third-order valence-corrected chi connectivity index (χ3v) is 3.68. The highest BCUT2D eigenvalue weighted by molar-refractivity contribution is 5.85. The molecule has 0 aromatic carbocycles. The fourth-order valence-corrected chi connectivity index (χ4v) is 2.28. The normalized spacial score (nSPS) is 33.6. The Morgan fingerprint density at radius 2 is 2.31 bits per heavy atom. The molecule has 2 aliphatic rings. The van der Waals surface area contributed by atoms with E-state index in [1.54, 1.807) is 0 Å². The number of hydrogen-bond donors (Lipinski definition) is 1. The quantitative estimate of drug-likeness (QED) is 0.716. The fraction of sp³-hybridized carbons (Fsp3) is 0.909. The largest absolute Gasteiger partial charge is 0.316 e. The summed E-state index contributed by atoms with van der Waals surface area (Å²) in [5, 5.41) is 3.32. The summed E-state index contributed by atoms with van der Waals surface area (Å²) in [7, 11) is 0. The van der Waals surface area contributed by atoms with Crippen molar-refractivity contribution in [3.05, 3.63) is 0 Å². The van der Waals surface area contributed by atoms with Crippen LogP contribution >= 0.6 is 0 Å². The first-order valence-electron chi connectivity index (χ1n) is 5.51. The maximum absolute atomic E-state index is 12.0. The summed E-state index contributed by atoms with van der Waals surface area (Å²) in [6.45, 7) is 4.11. The molecule has 0 aromatic rings. The highest BCUT2D eigenvalue weighted by Crippen LogP contribution is 2.39. The maximum atomic E-state index is 12.0. The van der Waals surface area contributed by atoms with E-state index >= 15 is 0 Å². The number of hydrogen-bond acceptors (Lipinski definition) is 2. The van der Waals surface area contributed by atoms with Gasteiger partial charge in [0.1, 0.15) is 5.78 Å². The van der Waals surface area contributed by atoms with Gasteiger partial charge in [0.25, 0.3) is 0 Å². The molecule has 2 heteroatoms. The van der Waals surface area contributed by atoms with E-state index in [1.165, 1.54) is 12.8 Å². The third-order valence-electron chi connectivity index (χ3n) is 3.68. The van der Waals surface area contributed by atoms with E-state index in [0.29, 0.717) is 5.78 Å². The second-order valence-corrected chi connectivity index (χ2v) is 4.63. The molecule has 1 unspecified atom stereocenters. The van der Waals surface area contributed by atoms with Crippen molar-refractivity contribution in [2.24, 2.45) is 11.3 Å². The van der Waals surface area contributed by atoms with Gasteiger partial charge in [-0.25, -0.2) is 0 Å². The SMILES string of the molecule is CCC1(C(=O)CC2CC2)CCNC1. The van der Waals surface area contributed by atoms with Crippen molar-refractivity contribution in [2.75, 3.05) is 13.1 Å². The minimum atomic E-state index is 0.0165. The van der Waals surface area contributed by atoms with Crippen LogP contribution in [0.25, 0.3) is 0 Å². The molecule has 1 aliphatic carbocycles. The van der Waals surface area contributed by atoms with Crippen molar-refractivity contribution in [3.8, 4) is 0 Å². The number of rotatable bonds is 4. The molecule has 13 heavy (non-hydrogen) atoms. The molecule has 2 fully saturated rings. The Bertz CT molecular complexity index is 202. The van der Waals surface area contributed by atoms with Gasteiger partial charge in [-0.3, -0.25) is 4.79 Å². The molecule has 2 nitrogen and oxygen atoms in total. The van der Waals surface area contributed by atoms with Crippen LogP contribution in [0.3, 0.4) is 0 Å². The molecule has 1 saturated carbocycles. The van der Waals surface area contributed by atoms with Crippen molar-refractivity contribution in [3.63, 3.8) is 0 Å². The van der Waals surface area contributed by atoms with E-state index in [4.69, 9.17) is 0 Å². The first-order chi connectivity index (χ1) is 6.27. The van der Waals surface area contributed by atoms with Crippen molar-refractivity contribution < 1.29 is 4.79 Å². The maximum Gasteiger partial charge on any atom is 0.140 e. The highest BCUT2D eigenvalue weighted by atomic mass is 16.1. The summed E-state index contributed by atoms with van der Waals surface area (Å²) in [6.07, 6.45) is 5.52. The van der Waals surface area contributed by atoms with Crippen LogP contribution in [0.1, 0.15) is 39.0 Å². The van der Waals surface area contributed by atoms with Gasteiger partial charge in [-0.2, -0.15) is 0 Å². The zero-order valence-corrected chi connectivity index (χ0v) is 8.44. The van der Waals surface area contributed by atoms with Crippen LogP contribution in [0.5, 0.6) is 0 Å². The van der Waals surface area contributed by atoms with Gasteiger partial charge in [-0.1, -0.05) is 6.92 Å². The summed E-state index contributed by atoms with van der Waals surface area (Å²) < 4.78 is 0. The lowest BCUT2D eigenvalue weighted by Gasteiger charge is -2.24. The van der Waals surface area contributed by atoms with Gasteiger partial charge in [0.15, 0.2) is 0 Å². The predicted molar refractivity (Wildman–Crippen MR) is 52.6 cm³/mol. The van der Waals surface area contributed by atoms with E-state index in [9.17, 15) is 4.79 Å². The minimum absolute atomic E-state index is 0.0165. The molecule has 1 saturated heterocycles. The van der Waals surface area contributed by atoms with Crippen LogP contribution in [0.15, 0.2) is 0 Å². The molecule has 2 rings (SSSR count). The highest BCUT2D eigenvalue weighted by Gasteiger charge is 2.40. The second-order valence-electron chi connectivity index (χ2n) is 4.63. The van der Waals surface area contributed by atoms with Crippen molar-refractivity contribution in [1.82, 2.24) is 5.32 Å². The molecule has 1 N–H and O–H groups in total. The lowest BCUT2D eigenvalue weighted by molar-refractivity contribution is -0.128. The summed E-state index contributed by atoms with van der Waals surface area (Å²) in [5.41, 5.74) is 0.0165. The fourth-order valence-electron chi connectivity index (χ4n) is 2.28. The summed E-state index contributed by atoms with van der Waals surface area (Å²) in [5.74, 6) is 1.28. The topological polar surface area (TPSA) is 29.1 Å². The summed E-state index contributed by atoms with van der Waals surface area (Å²) in [6, 6.07) is 0. The molecular formula is C11H19NO. The van der Waals surface area contributed by atoms with E-state index in [0.717, 1.165) is 38.3 Å². The Balaban J connectivity index is 1.96. The first-order valence-corrected chi connectivity index (χ1v) is 5.51. The van der Waals surface area contributed by atoms with Gasteiger partial charge in [-0.05, 0) is 38.1 Å². The van der Waals surface area contributed by atoms with Crippen molar-refractivity contribution in [1.29, 1.82) is 0 Å². The zero-order chi connectivity index (χ0) is 9.31. The average molecular weight is 181 g/mol. The second kappa shape index (κ2) is 3.41. The van der Waals surface area contributed by atoms with Gasteiger partial charge in [0, 0.05) is 18.4 Å². The molecule has 0 aromatic heterocycles. The van der Waals surface area contributed by atoms with E-state index in [1.807, 2.05) is 0 Å². The number of nitrogens with one attached hydrogen (secondary N) is 1. The van der Waals surface area contributed by atoms with Gasteiger partial charge in [0.2, 0.25) is 0 Å². The number of ketones is 1. The Hall–Kier alpha value is -0.370. The molecule has 74 valence electrons. The molecule has 0 radical (unpaired) electrons. The molecule has 0 amide bonds. The molecule has 1 heterocycles. The number of Topliss-reactive ketones (excluding diaryl/α,β-unsaturated/α-hetero) is 1. The van der Waals surface area contributed by atoms with Crippen LogP contribution in [0.4, 0.5) is 0 Å². The van der Waals surface area contributed by atoms with E-state index in [2.05, 4.69) is 12.2 Å². The average Bonchev–Trinajstić information content (AvgIpc) is 2.83. The standard InChI is InChI=1S/C11H19NO/c1-2-11(5-6-12-8-11)10(13)7-9-3-4-9/h9,12H,2-8H2,1H3. The van der Waals surface area contributed by atoms with Gasteiger partial charge in [0.05, 0.1) is 0 Å². The molecule has 0 bridgehead atoms. The van der Waals surface area contributed by atoms with Gasteiger partial charge >= 0.3 is 0 Å². The van der Waals surface area contributed by atoms with Crippen LogP contribution in [-0.4, -0.2) is 18.9 Å². The minimum Gasteiger partial charge on any atom is -0.316 e. The lowest BCUT2D eigenvalue weighted by Crippen LogP contribution is -2.33. The van der Waals surface area contributed by atoms with E-state index in [-0.39, 0.29) is 5.41 Å². The van der Waals surface area contributed by atoms with Crippen LogP contribution in [0.2, 0.25) is 0 Å². The Kier molecular flexibility index (Phi) is 2.41. The number of carbonyl (C=O) groups excluding carboxylic acids is 1. The summed E-state index contributed by atoms with van der Waals surface area (Å²) in [4.78, 5) is 12.0. The lowest BCUT2D eigenvalue weighted by atomic mass is 9.78. The van der Waals surface area contributed by atoms with Crippen LogP contribution < -0.4 is 5.32 Å². The first kappa shape index (κ1) is 9.20. The Morgan fingerprint density at radius 3 is 2.77 bits per heavy atom. The Morgan fingerprint density at radius 1 is 1.54 bits per heavy atom. The van der Waals surface area contributed by atoms with Gasteiger partial charge in [-0.15, -0.1) is 0 Å². The molecule has 1 atom stereocenters. The smallest absolute Gasteiger partial charge is 0.140 e. The van der Waals surface area contributed by atoms with Crippen molar-refractivity contribution in [2.45, 2.75) is 39.0 Å². The van der Waals surface area contributed by atoms with E-state index < -0.39 is 0 Å². The molecular weight excluding hydrogens is 162 g/mol. The number of carbonyl (C=O) groups is 1. The zero-order valence-electron chi connectivity index (χ0n) is 8.44. The monoisotopic (exact) mass is 181 g/mol. The van der Waals surface area contributed by atoms with Crippen molar-refractivity contribution >= 4 is 5.78 Å². The third kappa shape index (κ3) is 1.78. The summed E-state index contributed by atoms with van der Waals surface area (Å²) >= 11 is 0. The molecule has 1 aliphatic heterocycles.